The van der Waals surface area contributed by atoms with Crippen molar-refractivity contribution >= 4 is 5.91 Å². The molecule has 0 saturated carbocycles. The van der Waals surface area contributed by atoms with Gasteiger partial charge in [0.05, 0.1) is 0 Å². The number of hydrogen-bond acceptors (Lipinski definition) is 3. The first-order chi connectivity index (χ1) is 10.1. The van der Waals surface area contributed by atoms with Crippen molar-refractivity contribution in [3.8, 4) is 0 Å². The number of amides is 1. The van der Waals surface area contributed by atoms with Crippen LogP contribution >= 0.6 is 0 Å². The number of carbonyl (C=O) groups is 1. The maximum atomic E-state index is 12.2. The molecule has 4 nitrogen and oxygen atoms in total. The molecule has 1 amide bonds. The van der Waals surface area contributed by atoms with Crippen molar-refractivity contribution in [1.29, 1.82) is 0 Å². The van der Waals surface area contributed by atoms with Crippen molar-refractivity contribution < 1.29 is 4.79 Å². The highest BCUT2D eigenvalue weighted by atomic mass is 16.2. The first-order valence-corrected chi connectivity index (χ1v) is 7.88. The summed E-state index contributed by atoms with van der Waals surface area (Å²) < 4.78 is 0. The van der Waals surface area contributed by atoms with Crippen LogP contribution in [-0.4, -0.2) is 62.0 Å². The van der Waals surface area contributed by atoms with Gasteiger partial charge in [-0.15, -0.1) is 0 Å². The van der Waals surface area contributed by atoms with E-state index in [1.54, 1.807) is 0 Å². The SMILES string of the molecule is Cc1ccc(CCC(=O)N(C)CCN2CCNCC2)cc1. The van der Waals surface area contributed by atoms with Crippen molar-refractivity contribution in [2.24, 2.45) is 0 Å². The third-order valence-electron chi connectivity index (χ3n) is 4.14. The quantitative estimate of drug-likeness (QED) is 0.857. The molecule has 1 heterocycles. The number of piperazine rings is 1. The smallest absolute Gasteiger partial charge is 0.222 e. The Morgan fingerprint density at radius 3 is 2.57 bits per heavy atom. The Hall–Kier alpha value is -1.39. The van der Waals surface area contributed by atoms with Crippen LogP contribution in [0.4, 0.5) is 0 Å². The van der Waals surface area contributed by atoms with Crippen LogP contribution in [0.1, 0.15) is 17.5 Å². The van der Waals surface area contributed by atoms with Gasteiger partial charge in [-0.05, 0) is 18.9 Å². The highest BCUT2D eigenvalue weighted by Crippen LogP contribution is 2.07. The van der Waals surface area contributed by atoms with E-state index in [1.165, 1.54) is 11.1 Å². The van der Waals surface area contributed by atoms with Crippen LogP contribution in [0.5, 0.6) is 0 Å². The number of likely N-dealkylation sites (N-methyl/N-ethyl adjacent to an activating group) is 1. The van der Waals surface area contributed by atoms with Gasteiger partial charge in [0, 0.05) is 52.7 Å². The highest BCUT2D eigenvalue weighted by Gasteiger charge is 2.13. The van der Waals surface area contributed by atoms with Gasteiger partial charge in [-0.25, -0.2) is 0 Å². The lowest BCUT2D eigenvalue weighted by Crippen LogP contribution is -2.46. The Morgan fingerprint density at radius 2 is 1.90 bits per heavy atom. The number of aryl methyl sites for hydroxylation is 2. The van der Waals surface area contributed by atoms with E-state index in [-0.39, 0.29) is 5.91 Å². The molecule has 1 aliphatic heterocycles. The van der Waals surface area contributed by atoms with Crippen molar-refractivity contribution in [1.82, 2.24) is 15.1 Å². The van der Waals surface area contributed by atoms with Crippen LogP contribution in [0.15, 0.2) is 24.3 Å². The van der Waals surface area contributed by atoms with Gasteiger partial charge < -0.3 is 10.2 Å². The van der Waals surface area contributed by atoms with E-state index in [0.717, 1.165) is 45.7 Å². The molecule has 2 rings (SSSR count). The Labute approximate surface area is 128 Å². The first-order valence-electron chi connectivity index (χ1n) is 7.88. The van der Waals surface area contributed by atoms with Crippen molar-refractivity contribution in [3.63, 3.8) is 0 Å². The van der Waals surface area contributed by atoms with Gasteiger partial charge in [0.2, 0.25) is 5.91 Å². The molecule has 0 radical (unpaired) electrons. The molecule has 21 heavy (non-hydrogen) atoms. The van der Waals surface area contributed by atoms with Crippen LogP contribution in [0, 0.1) is 6.92 Å². The molecule has 1 aromatic carbocycles. The molecule has 0 unspecified atom stereocenters. The topological polar surface area (TPSA) is 35.6 Å². The summed E-state index contributed by atoms with van der Waals surface area (Å²) in [4.78, 5) is 16.4. The zero-order valence-electron chi connectivity index (χ0n) is 13.3. The number of hydrogen-bond donors (Lipinski definition) is 1. The van der Waals surface area contributed by atoms with Gasteiger partial charge in [-0.3, -0.25) is 9.69 Å². The van der Waals surface area contributed by atoms with Gasteiger partial charge in [-0.1, -0.05) is 29.8 Å². The zero-order chi connectivity index (χ0) is 15.1. The Balaban J connectivity index is 1.68. The summed E-state index contributed by atoms with van der Waals surface area (Å²) in [5.41, 5.74) is 2.50. The standard InChI is InChI=1S/C17H27N3O/c1-15-3-5-16(6-4-15)7-8-17(21)19(2)13-14-20-11-9-18-10-12-20/h3-6,18H,7-14H2,1-2H3. The van der Waals surface area contributed by atoms with E-state index >= 15 is 0 Å². The summed E-state index contributed by atoms with van der Waals surface area (Å²) in [6.45, 7) is 8.19. The first kappa shape index (κ1) is 16.0. The third-order valence-corrected chi connectivity index (χ3v) is 4.14. The average Bonchev–Trinajstić information content (AvgIpc) is 2.52. The van der Waals surface area contributed by atoms with E-state index in [1.807, 2.05) is 11.9 Å². The lowest BCUT2D eigenvalue weighted by Gasteiger charge is -2.29. The Morgan fingerprint density at radius 1 is 1.24 bits per heavy atom. The summed E-state index contributed by atoms with van der Waals surface area (Å²) in [6, 6.07) is 8.44. The molecule has 0 atom stereocenters. The molecular formula is C17H27N3O. The maximum absolute atomic E-state index is 12.2. The molecule has 0 aliphatic carbocycles. The molecule has 0 bridgehead atoms. The van der Waals surface area contributed by atoms with Gasteiger partial charge >= 0.3 is 0 Å². The summed E-state index contributed by atoms with van der Waals surface area (Å²) in [5.74, 6) is 0.241. The van der Waals surface area contributed by atoms with Crippen LogP contribution in [0.3, 0.4) is 0 Å². The van der Waals surface area contributed by atoms with Crippen molar-refractivity contribution in [3.05, 3.63) is 35.4 Å². The van der Waals surface area contributed by atoms with Crippen molar-refractivity contribution in [2.45, 2.75) is 19.8 Å². The fraction of sp³-hybridized carbons (Fsp3) is 0.588. The molecular weight excluding hydrogens is 262 g/mol. The molecule has 0 spiro atoms. The minimum absolute atomic E-state index is 0.241. The number of carbonyl (C=O) groups excluding carboxylic acids is 1. The van der Waals surface area contributed by atoms with Gasteiger partial charge in [0.25, 0.3) is 0 Å². The predicted molar refractivity (Wildman–Crippen MR) is 86.4 cm³/mol. The molecule has 4 heteroatoms. The molecule has 1 fully saturated rings. The minimum atomic E-state index is 0.241. The molecule has 0 aromatic heterocycles. The largest absolute Gasteiger partial charge is 0.344 e. The monoisotopic (exact) mass is 289 g/mol. The fourth-order valence-corrected chi connectivity index (χ4v) is 2.55. The van der Waals surface area contributed by atoms with Gasteiger partial charge in [0.1, 0.15) is 0 Å². The molecule has 116 valence electrons. The Bertz CT molecular complexity index is 438. The van der Waals surface area contributed by atoms with Gasteiger partial charge in [-0.2, -0.15) is 0 Å². The van der Waals surface area contributed by atoms with Crippen LogP contribution in [0.25, 0.3) is 0 Å². The summed E-state index contributed by atoms with van der Waals surface area (Å²) >= 11 is 0. The van der Waals surface area contributed by atoms with E-state index in [0.29, 0.717) is 6.42 Å². The van der Waals surface area contributed by atoms with Crippen molar-refractivity contribution in [2.75, 3.05) is 46.3 Å². The second-order valence-corrected chi connectivity index (χ2v) is 5.89. The summed E-state index contributed by atoms with van der Waals surface area (Å²) in [5, 5.41) is 3.35. The predicted octanol–water partition coefficient (Wildman–Crippen LogP) is 1.29. The Kier molecular flexibility index (Phi) is 6.21. The zero-order valence-corrected chi connectivity index (χ0v) is 13.3. The van der Waals surface area contributed by atoms with E-state index in [4.69, 9.17) is 0 Å². The second kappa shape index (κ2) is 8.15. The van der Waals surface area contributed by atoms with E-state index in [2.05, 4.69) is 41.4 Å². The number of rotatable bonds is 6. The lowest BCUT2D eigenvalue weighted by atomic mass is 10.1. The minimum Gasteiger partial charge on any atom is -0.344 e. The van der Waals surface area contributed by atoms with E-state index < -0.39 is 0 Å². The fourth-order valence-electron chi connectivity index (χ4n) is 2.55. The third kappa shape index (κ3) is 5.48. The molecule has 1 aromatic rings. The number of benzene rings is 1. The average molecular weight is 289 g/mol. The molecule has 1 saturated heterocycles. The van der Waals surface area contributed by atoms with Crippen LogP contribution in [0.2, 0.25) is 0 Å². The van der Waals surface area contributed by atoms with E-state index in [9.17, 15) is 4.79 Å². The van der Waals surface area contributed by atoms with Crippen LogP contribution in [-0.2, 0) is 11.2 Å². The lowest BCUT2D eigenvalue weighted by molar-refractivity contribution is -0.130. The van der Waals surface area contributed by atoms with Crippen LogP contribution < -0.4 is 5.32 Å². The number of nitrogens with one attached hydrogen (secondary N) is 1. The highest BCUT2D eigenvalue weighted by molar-refractivity contribution is 5.76. The number of nitrogens with zero attached hydrogens (tertiary/aromatic N) is 2. The molecule has 1 N–H and O–H groups in total. The summed E-state index contributed by atoms with van der Waals surface area (Å²) in [6.07, 6.45) is 1.43. The normalized spacial score (nSPS) is 15.9. The second-order valence-electron chi connectivity index (χ2n) is 5.89. The van der Waals surface area contributed by atoms with Gasteiger partial charge in [0.15, 0.2) is 0 Å². The molecule has 1 aliphatic rings. The summed E-state index contributed by atoms with van der Waals surface area (Å²) in [7, 11) is 1.92. The maximum Gasteiger partial charge on any atom is 0.222 e.